The highest BCUT2D eigenvalue weighted by molar-refractivity contribution is 7.92. The zero-order chi connectivity index (χ0) is 20.7. The summed E-state index contributed by atoms with van der Waals surface area (Å²) in [6, 6.07) is 11.6. The van der Waals surface area contributed by atoms with Gasteiger partial charge in [0, 0.05) is 11.6 Å². The van der Waals surface area contributed by atoms with Gasteiger partial charge in [0.1, 0.15) is 11.9 Å². The lowest BCUT2D eigenvalue weighted by Crippen LogP contribution is -2.49. The fourth-order valence-electron chi connectivity index (χ4n) is 2.96. The zero-order valence-corrected chi connectivity index (χ0v) is 17.4. The van der Waals surface area contributed by atoms with E-state index in [-0.39, 0.29) is 12.1 Å². The highest BCUT2D eigenvalue weighted by Crippen LogP contribution is 2.23. The van der Waals surface area contributed by atoms with Crippen molar-refractivity contribution in [2.75, 3.05) is 17.1 Å². The van der Waals surface area contributed by atoms with E-state index in [1.165, 1.54) is 24.3 Å². The third-order valence-electron chi connectivity index (χ3n) is 4.29. The van der Waals surface area contributed by atoms with Gasteiger partial charge in [0.25, 0.3) is 0 Å². The van der Waals surface area contributed by atoms with E-state index in [4.69, 9.17) is 11.6 Å². The Morgan fingerprint density at radius 1 is 1.18 bits per heavy atom. The van der Waals surface area contributed by atoms with Crippen LogP contribution in [0.15, 0.2) is 48.5 Å². The van der Waals surface area contributed by atoms with Crippen molar-refractivity contribution in [2.24, 2.45) is 0 Å². The highest BCUT2D eigenvalue weighted by Gasteiger charge is 2.31. The van der Waals surface area contributed by atoms with Crippen LogP contribution in [-0.4, -0.2) is 33.2 Å². The minimum absolute atomic E-state index is 0.252. The first-order valence-electron chi connectivity index (χ1n) is 9.00. The number of rotatable bonds is 9. The van der Waals surface area contributed by atoms with E-state index in [2.05, 4.69) is 5.32 Å². The predicted molar refractivity (Wildman–Crippen MR) is 111 cm³/mol. The van der Waals surface area contributed by atoms with E-state index >= 15 is 0 Å². The van der Waals surface area contributed by atoms with Gasteiger partial charge in [-0.3, -0.25) is 9.10 Å². The van der Waals surface area contributed by atoms with Crippen LogP contribution >= 0.6 is 11.6 Å². The Balaban J connectivity index is 2.05. The predicted octanol–water partition coefficient (Wildman–Crippen LogP) is 3.77. The number of carbonyl (C=O) groups is 1. The van der Waals surface area contributed by atoms with Gasteiger partial charge >= 0.3 is 0 Å². The fraction of sp³-hybridized carbons (Fsp3) is 0.350. The molecule has 0 aromatic heterocycles. The average Bonchev–Trinajstić information content (AvgIpc) is 2.64. The maximum atomic E-state index is 13.2. The smallest absolute Gasteiger partial charge is 0.243 e. The van der Waals surface area contributed by atoms with Gasteiger partial charge in [-0.1, -0.05) is 36.7 Å². The van der Waals surface area contributed by atoms with Gasteiger partial charge in [-0.25, -0.2) is 12.8 Å². The van der Waals surface area contributed by atoms with E-state index < -0.39 is 27.8 Å². The van der Waals surface area contributed by atoms with Gasteiger partial charge in [-0.05, 0) is 55.2 Å². The van der Waals surface area contributed by atoms with Crippen LogP contribution in [0, 0.1) is 5.82 Å². The number of anilines is 1. The third kappa shape index (κ3) is 5.94. The molecule has 1 unspecified atom stereocenters. The molecule has 0 saturated carbocycles. The monoisotopic (exact) mass is 426 g/mol. The number of amides is 1. The summed E-state index contributed by atoms with van der Waals surface area (Å²) in [5, 5.41) is 3.48. The largest absolute Gasteiger partial charge is 0.354 e. The van der Waals surface area contributed by atoms with Crippen LogP contribution in [0.2, 0.25) is 5.02 Å². The summed E-state index contributed by atoms with van der Waals surface area (Å²) in [6.45, 7) is 2.12. The van der Waals surface area contributed by atoms with Crippen molar-refractivity contribution >= 4 is 33.2 Å². The molecule has 0 aliphatic rings. The molecule has 0 radical (unpaired) electrons. The number of sulfonamides is 1. The van der Waals surface area contributed by atoms with Crippen molar-refractivity contribution in [3.63, 3.8) is 0 Å². The highest BCUT2D eigenvalue weighted by atomic mass is 35.5. The van der Waals surface area contributed by atoms with Gasteiger partial charge in [0.15, 0.2) is 0 Å². The lowest BCUT2D eigenvalue weighted by molar-refractivity contribution is -0.122. The molecular weight excluding hydrogens is 403 g/mol. The summed E-state index contributed by atoms with van der Waals surface area (Å²) in [5.74, 6) is -0.870. The summed E-state index contributed by atoms with van der Waals surface area (Å²) in [7, 11) is -3.73. The first-order chi connectivity index (χ1) is 13.2. The first kappa shape index (κ1) is 22.2. The van der Waals surface area contributed by atoms with Gasteiger partial charge in [0.05, 0.1) is 11.9 Å². The molecule has 0 aliphatic heterocycles. The molecule has 8 heteroatoms. The maximum absolute atomic E-state index is 13.2. The molecule has 5 nitrogen and oxygen atoms in total. The van der Waals surface area contributed by atoms with Crippen LogP contribution in [0.3, 0.4) is 0 Å². The van der Waals surface area contributed by atoms with Crippen LogP contribution in [0.25, 0.3) is 0 Å². The second kappa shape index (κ2) is 9.89. The van der Waals surface area contributed by atoms with Crippen LogP contribution in [0.5, 0.6) is 0 Å². The summed E-state index contributed by atoms with van der Waals surface area (Å²) in [4.78, 5) is 12.7. The van der Waals surface area contributed by atoms with Crippen molar-refractivity contribution in [1.29, 1.82) is 0 Å². The molecule has 152 valence electrons. The van der Waals surface area contributed by atoms with E-state index in [1.807, 2.05) is 24.3 Å². The number of hydrogen-bond donors (Lipinski definition) is 1. The number of carbonyl (C=O) groups excluding carboxylic acids is 1. The number of nitrogens with one attached hydrogen (secondary N) is 1. The summed E-state index contributed by atoms with van der Waals surface area (Å²) >= 11 is 6.12. The van der Waals surface area contributed by atoms with Crippen molar-refractivity contribution < 1.29 is 17.6 Å². The van der Waals surface area contributed by atoms with Gasteiger partial charge < -0.3 is 5.32 Å². The number of hydrogen-bond acceptors (Lipinski definition) is 3. The zero-order valence-electron chi connectivity index (χ0n) is 15.9. The molecule has 0 bridgehead atoms. The molecule has 2 aromatic carbocycles. The molecule has 2 rings (SSSR count). The normalized spacial score (nSPS) is 12.4. The molecule has 0 spiro atoms. The first-order valence-corrected chi connectivity index (χ1v) is 11.2. The van der Waals surface area contributed by atoms with E-state index in [0.29, 0.717) is 24.4 Å². The number of benzene rings is 2. The van der Waals surface area contributed by atoms with Crippen molar-refractivity contribution in [3.8, 4) is 0 Å². The summed E-state index contributed by atoms with van der Waals surface area (Å²) < 4.78 is 38.9. The Hall–Kier alpha value is -2.12. The molecule has 28 heavy (non-hydrogen) atoms. The quantitative estimate of drug-likeness (QED) is 0.620. The molecule has 1 N–H and O–H groups in total. The molecule has 1 amide bonds. The Bertz CT molecular complexity index is 904. The second-order valence-electron chi connectivity index (χ2n) is 6.45. The number of nitrogens with zero attached hydrogens (tertiary/aromatic N) is 1. The second-order valence-corrected chi connectivity index (χ2v) is 8.71. The summed E-state index contributed by atoms with van der Waals surface area (Å²) in [5.41, 5.74) is 1.25. The minimum Gasteiger partial charge on any atom is -0.354 e. The topological polar surface area (TPSA) is 66.5 Å². The molecule has 0 aliphatic carbocycles. The van der Waals surface area contributed by atoms with Gasteiger partial charge in [-0.2, -0.15) is 0 Å². The van der Waals surface area contributed by atoms with Gasteiger partial charge in [-0.15, -0.1) is 0 Å². The van der Waals surface area contributed by atoms with Crippen LogP contribution in [0.4, 0.5) is 10.1 Å². The average molecular weight is 427 g/mol. The molecule has 1 atom stereocenters. The van der Waals surface area contributed by atoms with Crippen molar-refractivity contribution in [2.45, 2.75) is 32.2 Å². The molecular formula is C20H24ClFN2O3S. The Kier molecular flexibility index (Phi) is 7.83. The maximum Gasteiger partial charge on any atom is 0.243 e. The number of halogens is 2. The van der Waals surface area contributed by atoms with Crippen molar-refractivity contribution in [1.82, 2.24) is 5.32 Å². The fourth-order valence-corrected chi connectivity index (χ4v) is 4.40. The van der Waals surface area contributed by atoms with E-state index in [1.54, 1.807) is 6.92 Å². The summed E-state index contributed by atoms with van der Waals surface area (Å²) in [6.07, 6.45) is 2.68. The van der Waals surface area contributed by atoms with Crippen molar-refractivity contribution in [3.05, 3.63) is 64.9 Å². The lowest BCUT2D eigenvalue weighted by atomic mass is 10.1. The SMILES string of the molecule is CCC(C(=O)NCCCc1ccccc1Cl)N(c1ccc(F)cc1)S(C)(=O)=O. The van der Waals surface area contributed by atoms with Crippen LogP contribution in [0.1, 0.15) is 25.3 Å². The number of aryl methyl sites for hydroxylation is 1. The molecule has 2 aromatic rings. The Morgan fingerprint density at radius 3 is 2.39 bits per heavy atom. The Morgan fingerprint density at radius 2 is 1.82 bits per heavy atom. The van der Waals surface area contributed by atoms with E-state index in [0.717, 1.165) is 16.1 Å². The Labute approximate surface area is 170 Å². The van der Waals surface area contributed by atoms with E-state index in [9.17, 15) is 17.6 Å². The molecule has 0 heterocycles. The lowest BCUT2D eigenvalue weighted by Gasteiger charge is -2.30. The van der Waals surface area contributed by atoms with Crippen LogP contribution in [-0.2, 0) is 21.2 Å². The van der Waals surface area contributed by atoms with Gasteiger partial charge in [0.2, 0.25) is 15.9 Å². The molecule has 0 fully saturated rings. The molecule has 0 saturated heterocycles. The standard InChI is InChI=1S/C20H24ClFN2O3S/c1-3-19(24(28(2,26)27)17-12-10-16(22)11-13-17)20(25)23-14-6-8-15-7-4-5-9-18(15)21/h4-5,7,9-13,19H,3,6,8,14H2,1-2H3,(H,23,25). The minimum atomic E-state index is -3.73. The van der Waals surface area contributed by atoms with Crippen LogP contribution < -0.4 is 9.62 Å². The third-order valence-corrected chi connectivity index (χ3v) is 5.84.